The van der Waals surface area contributed by atoms with Gasteiger partial charge < -0.3 is 9.64 Å². The van der Waals surface area contributed by atoms with Gasteiger partial charge in [0.15, 0.2) is 0 Å². The van der Waals surface area contributed by atoms with E-state index in [9.17, 15) is 4.79 Å². The van der Waals surface area contributed by atoms with Crippen molar-refractivity contribution in [2.45, 2.75) is 51.1 Å². The molecule has 154 valence electrons. The topological polar surface area (TPSA) is 36.0 Å². The Labute approximate surface area is 169 Å². The molecule has 4 rings (SSSR count). The van der Waals surface area contributed by atoms with Gasteiger partial charge in [0, 0.05) is 32.2 Å². The fraction of sp³-hybridized carbons (Fsp3) is 0.696. The molecule has 0 aliphatic carbocycles. The predicted octanol–water partition coefficient (Wildman–Crippen LogP) is 2.99. The molecule has 1 aromatic carbocycles. The number of nitrogens with zero attached hydrogens (tertiary/aromatic N) is 3. The van der Waals surface area contributed by atoms with Crippen LogP contribution < -0.4 is 4.74 Å². The molecule has 1 unspecified atom stereocenters. The largest absolute Gasteiger partial charge is 0.497 e. The van der Waals surface area contributed by atoms with Gasteiger partial charge in [-0.1, -0.05) is 12.1 Å². The van der Waals surface area contributed by atoms with Crippen LogP contribution in [0.4, 0.5) is 0 Å². The van der Waals surface area contributed by atoms with Gasteiger partial charge in [-0.15, -0.1) is 0 Å². The molecule has 1 amide bonds. The summed E-state index contributed by atoms with van der Waals surface area (Å²) in [5.74, 6) is 1.61. The Balaban J connectivity index is 1.26. The summed E-state index contributed by atoms with van der Waals surface area (Å²) >= 11 is 0. The third-order valence-electron chi connectivity index (χ3n) is 6.83. The van der Waals surface area contributed by atoms with Gasteiger partial charge in [-0.25, -0.2) is 0 Å². The Bertz CT molecular complexity index is 651. The quantitative estimate of drug-likeness (QED) is 0.781. The number of carbonyl (C=O) groups excluding carboxylic acids is 1. The maximum Gasteiger partial charge on any atom is 0.226 e. The predicted molar refractivity (Wildman–Crippen MR) is 111 cm³/mol. The van der Waals surface area contributed by atoms with Crippen LogP contribution in [-0.4, -0.2) is 73.0 Å². The van der Waals surface area contributed by atoms with Gasteiger partial charge in [0.1, 0.15) is 5.75 Å². The summed E-state index contributed by atoms with van der Waals surface area (Å²) in [4.78, 5) is 20.1. The van der Waals surface area contributed by atoms with Gasteiger partial charge in [-0.3, -0.25) is 14.6 Å². The van der Waals surface area contributed by atoms with Crippen LogP contribution in [-0.2, 0) is 11.3 Å². The monoisotopic (exact) mass is 385 g/mol. The van der Waals surface area contributed by atoms with Gasteiger partial charge >= 0.3 is 0 Å². The van der Waals surface area contributed by atoms with E-state index in [0.29, 0.717) is 11.9 Å². The Kier molecular flexibility index (Phi) is 6.53. The van der Waals surface area contributed by atoms with Crippen LogP contribution in [0.25, 0.3) is 0 Å². The molecule has 1 atom stereocenters. The molecular formula is C23H35N3O2. The van der Waals surface area contributed by atoms with Crippen molar-refractivity contribution in [3.05, 3.63) is 29.8 Å². The van der Waals surface area contributed by atoms with Crippen molar-refractivity contribution in [2.24, 2.45) is 5.92 Å². The van der Waals surface area contributed by atoms with Gasteiger partial charge in [-0.05, 0) is 75.9 Å². The first-order chi connectivity index (χ1) is 13.7. The van der Waals surface area contributed by atoms with Gasteiger partial charge in [0.2, 0.25) is 5.91 Å². The minimum absolute atomic E-state index is 0.238. The van der Waals surface area contributed by atoms with E-state index in [0.717, 1.165) is 51.4 Å². The highest BCUT2D eigenvalue weighted by Gasteiger charge is 2.34. The molecule has 3 saturated heterocycles. The standard InChI is InChI=1S/C23H35N3O2/c1-28-22-8-4-6-19(16-22)17-24-14-9-21(10-15-24)26-13-5-7-20(18-26)23(27)25-11-2-3-12-25/h4,6,8,16,20-21H,2-3,5,7,9-15,17-18H2,1H3. The normalized spacial score (nSPS) is 25.2. The van der Waals surface area contributed by atoms with Crippen molar-refractivity contribution in [1.82, 2.24) is 14.7 Å². The van der Waals surface area contributed by atoms with Gasteiger partial charge in [0.25, 0.3) is 0 Å². The Morgan fingerprint density at radius 1 is 1.04 bits per heavy atom. The second kappa shape index (κ2) is 9.27. The molecule has 5 nitrogen and oxygen atoms in total. The van der Waals surface area contributed by atoms with Crippen LogP contribution in [0.3, 0.4) is 0 Å². The van der Waals surface area contributed by atoms with Crippen LogP contribution in [0.5, 0.6) is 5.75 Å². The SMILES string of the molecule is COc1cccc(CN2CCC(N3CCCC(C(=O)N4CCCC4)C3)CC2)c1. The fourth-order valence-corrected chi connectivity index (χ4v) is 5.21. The molecule has 3 aliphatic rings. The number of methoxy groups -OCH3 is 1. The molecule has 0 radical (unpaired) electrons. The fourth-order valence-electron chi connectivity index (χ4n) is 5.21. The zero-order valence-corrected chi connectivity index (χ0v) is 17.3. The van der Waals surface area contributed by atoms with Crippen molar-refractivity contribution >= 4 is 5.91 Å². The summed E-state index contributed by atoms with van der Waals surface area (Å²) in [6.07, 6.45) is 7.07. The first-order valence-electron chi connectivity index (χ1n) is 11.1. The van der Waals surface area contributed by atoms with E-state index < -0.39 is 0 Å². The van der Waals surface area contributed by atoms with E-state index in [1.807, 2.05) is 6.07 Å². The van der Waals surface area contributed by atoms with E-state index in [-0.39, 0.29) is 5.92 Å². The summed E-state index contributed by atoms with van der Waals surface area (Å²) in [5.41, 5.74) is 1.33. The lowest BCUT2D eigenvalue weighted by atomic mass is 9.93. The Morgan fingerprint density at radius 3 is 2.57 bits per heavy atom. The second-order valence-electron chi connectivity index (χ2n) is 8.73. The maximum atomic E-state index is 12.8. The highest BCUT2D eigenvalue weighted by atomic mass is 16.5. The van der Waals surface area contributed by atoms with Crippen LogP contribution in [0.2, 0.25) is 0 Å². The highest BCUT2D eigenvalue weighted by molar-refractivity contribution is 5.79. The Morgan fingerprint density at radius 2 is 1.82 bits per heavy atom. The van der Waals surface area contributed by atoms with E-state index in [2.05, 4.69) is 32.9 Å². The van der Waals surface area contributed by atoms with Gasteiger partial charge in [0.05, 0.1) is 13.0 Å². The molecular weight excluding hydrogens is 350 g/mol. The van der Waals surface area contributed by atoms with Crippen molar-refractivity contribution < 1.29 is 9.53 Å². The molecule has 1 aromatic rings. The van der Waals surface area contributed by atoms with Crippen molar-refractivity contribution in [3.8, 4) is 5.75 Å². The molecule has 3 fully saturated rings. The lowest BCUT2D eigenvalue weighted by molar-refractivity contribution is -0.136. The number of amides is 1. The number of benzene rings is 1. The van der Waals surface area contributed by atoms with E-state index in [1.165, 1.54) is 44.2 Å². The van der Waals surface area contributed by atoms with Crippen LogP contribution in [0, 0.1) is 5.92 Å². The first-order valence-corrected chi connectivity index (χ1v) is 11.1. The number of piperidine rings is 2. The van der Waals surface area contributed by atoms with Crippen molar-refractivity contribution in [2.75, 3.05) is 46.4 Å². The third kappa shape index (κ3) is 4.69. The average Bonchev–Trinajstić information content (AvgIpc) is 3.29. The summed E-state index contributed by atoms with van der Waals surface area (Å²) in [7, 11) is 1.73. The minimum Gasteiger partial charge on any atom is -0.497 e. The number of hydrogen-bond acceptors (Lipinski definition) is 4. The molecule has 28 heavy (non-hydrogen) atoms. The van der Waals surface area contributed by atoms with E-state index in [4.69, 9.17) is 4.74 Å². The lowest BCUT2D eigenvalue weighted by Crippen LogP contribution is -2.51. The maximum absolute atomic E-state index is 12.8. The van der Waals surface area contributed by atoms with Gasteiger partial charge in [-0.2, -0.15) is 0 Å². The third-order valence-corrected chi connectivity index (χ3v) is 6.83. The summed E-state index contributed by atoms with van der Waals surface area (Å²) < 4.78 is 5.35. The van der Waals surface area contributed by atoms with Crippen molar-refractivity contribution in [3.63, 3.8) is 0 Å². The molecule has 0 spiro atoms. The van der Waals surface area contributed by atoms with E-state index in [1.54, 1.807) is 7.11 Å². The smallest absolute Gasteiger partial charge is 0.226 e. The van der Waals surface area contributed by atoms with Crippen LogP contribution >= 0.6 is 0 Å². The zero-order valence-electron chi connectivity index (χ0n) is 17.3. The molecule has 0 N–H and O–H groups in total. The molecule has 3 aliphatic heterocycles. The summed E-state index contributed by atoms with van der Waals surface area (Å²) in [5, 5.41) is 0. The average molecular weight is 386 g/mol. The zero-order chi connectivity index (χ0) is 19.3. The second-order valence-corrected chi connectivity index (χ2v) is 8.73. The number of ether oxygens (including phenoxy) is 1. The van der Waals surface area contributed by atoms with Crippen molar-refractivity contribution in [1.29, 1.82) is 0 Å². The lowest BCUT2D eigenvalue weighted by Gasteiger charge is -2.42. The number of rotatable bonds is 5. The summed E-state index contributed by atoms with van der Waals surface area (Å²) in [6.45, 7) is 7.41. The Hall–Kier alpha value is -1.59. The molecule has 5 heteroatoms. The summed E-state index contributed by atoms with van der Waals surface area (Å²) in [6, 6.07) is 9.06. The van der Waals surface area contributed by atoms with Crippen LogP contribution in [0.1, 0.15) is 44.1 Å². The first kappa shape index (κ1) is 19.7. The molecule has 0 saturated carbocycles. The molecule has 0 bridgehead atoms. The molecule has 0 aromatic heterocycles. The number of hydrogen-bond donors (Lipinski definition) is 0. The molecule has 3 heterocycles. The highest BCUT2D eigenvalue weighted by Crippen LogP contribution is 2.27. The number of carbonyl (C=O) groups is 1. The van der Waals surface area contributed by atoms with Crippen LogP contribution in [0.15, 0.2) is 24.3 Å². The number of likely N-dealkylation sites (tertiary alicyclic amines) is 3. The van der Waals surface area contributed by atoms with E-state index >= 15 is 0 Å². The minimum atomic E-state index is 0.238.